The highest BCUT2D eigenvalue weighted by Gasteiger charge is 2.60. The SMILES string of the molecule is Oc1ccccc1C1=NO[C@@](O)(C(F)(F)F)C1. The number of para-hydroxylation sites is 1. The maximum Gasteiger partial charge on any atom is 0.458 e. The Hall–Kier alpha value is -1.76. The van der Waals surface area contributed by atoms with Crippen molar-refractivity contribution in [3.63, 3.8) is 0 Å². The lowest BCUT2D eigenvalue weighted by molar-refractivity contribution is -0.355. The number of nitrogens with zero attached hydrogens (tertiary/aromatic N) is 1. The number of phenols is 1. The van der Waals surface area contributed by atoms with Crippen LogP contribution in [0, 0.1) is 0 Å². The van der Waals surface area contributed by atoms with Gasteiger partial charge in [0.15, 0.2) is 0 Å². The van der Waals surface area contributed by atoms with Gasteiger partial charge in [0.2, 0.25) is 0 Å². The van der Waals surface area contributed by atoms with Gasteiger partial charge in [-0.15, -0.1) is 0 Å². The topological polar surface area (TPSA) is 62.1 Å². The van der Waals surface area contributed by atoms with Crippen LogP contribution in [0.25, 0.3) is 0 Å². The Labute approximate surface area is 93.9 Å². The zero-order valence-electron chi connectivity index (χ0n) is 8.40. The Balaban J connectivity index is 2.27. The van der Waals surface area contributed by atoms with Crippen molar-refractivity contribution in [3.05, 3.63) is 29.8 Å². The van der Waals surface area contributed by atoms with Gasteiger partial charge in [0, 0.05) is 5.56 Å². The fourth-order valence-corrected chi connectivity index (χ4v) is 1.44. The number of alkyl halides is 3. The number of hydrogen-bond donors (Lipinski definition) is 2. The van der Waals surface area contributed by atoms with E-state index in [9.17, 15) is 23.4 Å². The van der Waals surface area contributed by atoms with Gasteiger partial charge in [0.1, 0.15) is 5.75 Å². The summed E-state index contributed by atoms with van der Waals surface area (Å²) in [4.78, 5) is 4.03. The number of rotatable bonds is 1. The molecule has 0 unspecified atom stereocenters. The van der Waals surface area contributed by atoms with Gasteiger partial charge in [-0.1, -0.05) is 17.3 Å². The van der Waals surface area contributed by atoms with E-state index >= 15 is 0 Å². The van der Waals surface area contributed by atoms with Gasteiger partial charge in [0.05, 0.1) is 12.1 Å². The minimum atomic E-state index is -4.94. The maximum absolute atomic E-state index is 12.4. The van der Waals surface area contributed by atoms with E-state index < -0.39 is 18.4 Å². The standard InChI is InChI=1S/C10H8F3NO3/c11-10(12,13)9(16)5-7(14-17-9)6-3-1-2-4-8(6)15/h1-4,15-16H,5H2/t9-/m1/s1. The fraction of sp³-hybridized carbons (Fsp3) is 0.300. The summed E-state index contributed by atoms with van der Waals surface area (Å²) >= 11 is 0. The molecule has 17 heavy (non-hydrogen) atoms. The molecule has 1 atom stereocenters. The smallest absolute Gasteiger partial charge is 0.458 e. The van der Waals surface area contributed by atoms with Gasteiger partial charge in [-0.3, -0.25) is 0 Å². The molecule has 0 fully saturated rings. The van der Waals surface area contributed by atoms with E-state index in [1.54, 1.807) is 0 Å². The normalized spacial score (nSPS) is 24.4. The number of halogens is 3. The molecule has 0 bridgehead atoms. The quantitative estimate of drug-likeness (QED) is 0.794. The summed E-state index contributed by atoms with van der Waals surface area (Å²) in [6, 6.07) is 5.75. The third kappa shape index (κ3) is 1.93. The summed E-state index contributed by atoms with van der Waals surface area (Å²) in [5, 5.41) is 21.8. The predicted octanol–water partition coefficient (Wildman–Crippen LogP) is 1.77. The van der Waals surface area contributed by atoms with Gasteiger partial charge in [-0.05, 0) is 12.1 Å². The van der Waals surface area contributed by atoms with Gasteiger partial charge in [-0.2, -0.15) is 13.2 Å². The van der Waals surface area contributed by atoms with Gasteiger partial charge >= 0.3 is 12.0 Å². The van der Waals surface area contributed by atoms with Crippen LogP contribution >= 0.6 is 0 Å². The van der Waals surface area contributed by atoms with Crippen molar-refractivity contribution in [1.29, 1.82) is 0 Å². The molecule has 0 saturated heterocycles. The van der Waals surface area contributed by atoms with E-state index in [0.29, 0.717) is 0 Å². The molecule has 1 aromatic rings. The monoisotopic (exact) mass is 247 g/mol. The minimum absolute atomic E-state index is 0.104. The summed E-state index contributed by atoms with van der Waals surface area (Å²) in [6.45, 7) is 0. The molecule has 1 aromatic carbocycles. The summed E-state index contributed by atoms with van der Waals surface area (Å²) in [6.07, 6.45) is -5.79. The molecule has 2 rings (SSSR count). The molecule has 2 N–H and O–H groups in total. The molecule has 4 nitrogen and oxygen atoms in total. The van der Waals surface area contributed by atoms with Crippen LogP contribution in [0.5, 0.6) is 5.75 Å². The highest BCUT2D eigenvalue weighted by atomic mass is 19.4. The number of hydrogen-bond acceptors (Lipinski definition) is 4. The first-order valence-electron chi connectivity index (χ1n) is 4.66. The van der Waals surface area contributed by atoms with E-state index in [0.717, 1.165) is 0 Å². The number of oxime groups is 1. The Morgan fingerprint density at radius 1 is 1.29 bits per heavy atom. The lowest BCUT2D eigenvalue weighted by atomic mass is 10.0. The Morgan fingerprint density at radius 3 is 2.47 bits per heavy atom. The van der Waals surface area contributed by atoms with Crippen molar-refractivity contribution in [1.82, 2.24) is 0 Å². The van der Waals surface area contributed by atoms with E-state index in [-0.39, 0.29) is 17.0 Å². The van der Waals surface area contributed by atoms with Crippen LogP contribution < -0.4 is 0 Å². The summed E-state index contributed by atoms with van der Waals surface area (Å²) in [5.74, 6) is -3.54. The van der Waals surface area contributed by atoms with E-state index in [1.165, 1.54) is 24.3 Å². The Kier molecular flexibility index (Phi) is 2.50. The highest BCUT2D eigenvalue weighted by Crippen LogP contribution is 2.39. The maximum atomic E-state index is 12.4. The Bertz CT molecular complexity index is 472. The lowest BCUT2D eigenvalue weighted by Crippen LogP contribution is -2.45. The number of aliphatic hydroxyl groups is 1. The van der Waals surface area contributed by atoms with Crippen LogP contribution in [0.2, 0.25) is 0 Å². The van der Waals surface area contributed by atoms with Crippen molar-refractivity contribution >= 4 is 5.71 Å². The molecule has 1 aliphatic rings. The molecule has 0 radical (unpaired) electrons. The second kappa shape index (κ2) is 3.63. The molecule has 0 aromatic heterocycles. The zero-order valence-corrected chi connectivity index (χ0v) is 8.40. The van der Waals surface area contributed by atoms with Crippen molar-refractivity contribution < 1.29 is 28.2 Å². The zero-order chi connectivity index (χ0) is 12.7. The average molecular weight is 247 g/mol. The molecular weight excluding hydrogens is 239 g/mol. The number of benzene rings is 1. The number of phenolic OH excluding ortho intramolecular Hbond substituents is 1. The van der Waals surface area contributed by atoms with Gasteiger partial charge in [-0.25, -0.2) is 0 Å². The van der Waals surface area contributed by atoms with Crippen LogP contribution in [0.15, 0.2) is 29.4 Å². The van der Waals surface area contributed by atoms with Crippen LogP contribution in [0.3, 0.4) is 0 Å². The average Bonchev–Trinajstić information content (AvgIpc) is 2.62. The highest BCUT2D eigenvalue weighted by molar-refractivity contribution is 6.03. The molecule has 1 aliphatic heterocycles. The van der Waals surface area contributed by atoms with Crippen LogP contribution in [0.1, 0.15) is 12.0 Å². The molecule has 92 valence electrons. The molecule has 7 heteroatoms. The first kappa shape index (κ1) is 11.7. The van der Waals surface area contributed by atoms with Gasteiger partial charge in [0.25, 0.3) is 0 Å². The molecule has 0 saturated carbocycles. The van der Waals surface area contributed by atoms with Crippen molar-refractivity contribution in [3.8, 4) is 5.75 Å². The van der Waals surface area contributed by atoms with Crippen molar-refractivity contribution in [2.75, 3.05) is 0 Å². The minimum Gasteiger partial charge on any atom is -0.507 e. The summed E-state index contributed by atoms with van der Waals surface area (Å²) < 4.78 is 37.3. The fourth-order valence-electron chi connectivity index (χ4n) is 1.44. The second-order valence-electron chi connectivity index (χ2n) is 3.61. The molecule has 0 spiro atoms. The van der Waals surface area contributed by atoms with E-state index in [1.807, 2.05) is 0 Å². The van der Waals surface area contributed by atoms with E-state index in [2.05, 4.69) is 9.99 Å². The third-order valence-electron chi connectivity index (χ3n) is 2.37. The van der Waals surface area contributed by atoms with Crippen molar-refractivity contribution in [2.24, 2.45) is 5.16 Å². The molecule has 1 heterocycles. The number of aromatic hydroxyl groups is 1. The van der Waals surface area contributed by atoms with Crippen LogP contribution in [0.4, 0.5) is 13.2 Å². The third-order valence-corrected chi connectivity index (χ3v) is 2.37. The lowest BCUT2D eigenvalue weighted by Gasteiger charge is -2.22. The van der Waals surface area contributed by atoms with Gasteiger partial charge < -0.3 is 15.1 Å². The summed E-state index contributed by atoms with van der Waals surface area (Å²) in [7, 11) is 0. The van der Waals surface area contributed by atoms with E-state index in [4.69, 9.17) is 0 Å². The first-order chi connectivity index (χ1) is 7.83. The summed E-state index contributed by atoms with van der Waals surface area (Å²) in [5.41, 5.74) is -0.0457. The predicted molar refractivity (Wildman–Crippen MR) is 51.4 cm³/mol. The van der Waals surface area contributed by atoms with Crippen molar-refractivity contribution in [2.45, 2.75) is 18.4 Å². The first-order valence-corrected chi connectivity index (χ1v) is 4.66. The molecular formula is C10H8F3NO3. The largest absolute Gasteiger partial charge is 0.507 e. The van der Waals surface area contributed by atoms with Crippen LogP contribution in [-0.2, 0) is 4.84 Å². The molecule has 0 aliphatic carbocycles. The molecule has 0 amide bonds. The second-order valence-corrected chi connectivity index (χ2v) is 3.61. The van der Waals surface area contributed by atoms with Crippen LogP contribution in [-0.4, -0.2) is 27.9 Å². The Morgan fingerprint density at radius 2 is 1.94 bits per heavy atom.